The summed E-state index contributed by atoms with van der Waals surface area (Å²) in [7, 11) is -3.15. The van der Waals surface area contributed by atoms with Gasteiger partial charge < -0.3 is 5.21 Å². The maximum Gasteiger partial charge on any atom is 0.211 e. The lowest BCUT2D eigenvalue weighted by atomic mass is 9.65. The summed E-state index contributed by atoms with van der Waals surface area (Å²) in [6.07, 6.45) is 6.22. The van der Waals surface area contributed by atoms with Gasteiger partial charge in [-0.2, -0.15) is 10.2 Å². The van der Waals surface area contributed by atoms with Crippen molar-refractivity contribution in [2.75, 3.05) is 19.3 Å². The van der Waals surface area contributed by atoms with E-state index < -0.39 is 15.4 Å². The minimum Gasteiger partial charge on any atom is -0.411 e. The third kappa shape index (κ3) is 4.35. The predicted octanol–water partition coefficient (Wildman–Crippen LogP) is 4.11. The van der Waals surface area contributed by atoms with Crippen molar-refractivity contribution in [2.45, 2.75) is 38.0 Å². The van der Waals surface area contributed by atoms with E-state index in [0.29, 0.717) is 24.7 Å². The molecule has 1 unspecified atom stereocenters. The van der Waals surface area contributed by atoms with Gasteiger partial charge in [0.2, 0.25) is 10.0 Å². The van der Waals surface area contributed by atoms with Crippen LogP contribution in [0.3, 0.4) is 0 Å². The Morgan fingerprint density at radius 2 is 1.71 bits per heavy atom. The maximum atomic E-state index is 11.9. The largest absolute Gasteiger partial charge is 0.411 e. The van der Waals surface area contributed by atoms with Gasteiger partial charge in [0.1, 0.15) is 0 Å². The normalized spacial score (nSPS) is 17.9. The Bertz CT molecular complexity index is 1270. The number of piperidine rings is 1. The van der Waals surface area contributed by atoms with Crippen LogP contribution in [0.1, 0.15) is 53.5 Å². The molecule has 0 aliphatic carbocycles. The molecule has 1 aromatic heterocycles. The van der Waals surface area contributed by atoms with E-state index >= 15 is 0 Å². The molecular formula is C26H30N4O3S. The molecular weight excluding hydrogens is 448 g/mol. The number of sulfonamides is 1. The van der Waals surface area contributed by atoms with E-state index in [9.17, 15) is 13.6 Å². The summed E-state index contributed by atoms with van der Waals surface area (Å²) >= 11 is 0. The third-order valence-corrected chi connectivity index (χ3v) is 8.30. The summed E-state index contributed by atoms with van der Waals surface area (Å²) in [5.74, 6) is 0.301. The molecule has 7 nitrogen and oxygen atoms in total. The summed E-state index contributed by atoms with van der Waals surface area (Å²) in [5.41, 5.74) is 4.77. The summed E-state index contributed by atoms with van der Waals surface area (Å²) in [5, 5.41) is 21.8. The van der Waals surface area contributed by atoms with Gasteiger partial charge in [0.15, 0.2) is 0 Å². The van der Waals surface area contributed by atoms with Crippen molar-refractivity contribution in [1.29, 1.82) is 0 Å². The molecule has 0 amide bonds. The monoisotopic (exact) mass is 478 g/mol. The average Bonchev–Trinajstić information content (AvgIpc) is 2.86. The van der Waals surface area contributed by atoms with Gasteiger partial charge in [-0.15, -0.1) is 0 Å². The van der Waals surface area contributed by atoms with Crippen LogP contribution in [0.15, 0.2) is 72.1 Å². The highest BCUT2D eigenvalue weighted by molar-refractivity contribution is 7.88. The lowest BCUT2D eigenvalue weighted by Gasteiger charge is -2.36. The fraction of sp³-hybridized carbons (Fsp3) is 0.346. The highest BCUT2D eigenvalue weighted by Gasteiger charge is 2.41. The number of hydrogen-bond donors (Lipinski definition) is 1. The molecule has 2 aromatic carbocycles. The summed E-state index contributed by atoms with van der Waals surface area (Å²) in [6, 6.07) is 18.4. The molecule has 1 aliphatic rings. The Kier molecular flexibility index (Phi) is 6.81. The number of aryl methyl sites for hydroxylation is 1. The number of hydrogen-bond acceptors (Lipinski definition) is 6. The molecule has 0 radical (unpaired) electrons. The highest BCUT2D eigenvalue weighted by atomic mass is 32.2. The van der Waals surface area contributed by atoms with E-state index in [1.54, 1.807) is 16.7 Å². The van der Waals surface area contributed by atoms with Crippen LogP contribution >= 0.6 is 0 Å². The van der Waals surface area contributed by atoms with E-state index in [0.717, 1.165) is 35.1 Å². The third-order valence-electron chi connectivity index (χ3n) is 7.00. The standard InChI is InChI=1S/C26H30N4O3S/c1-19-6-4-5-7-25(19)26(20(2)29-31,24-12-15-27-28-18-24)23-10-8-21(9-11-23)22-13-16-30(17-14-22)34(3,32)33/h4-12,15,18,22,31H,13-14,16-17H2,1-3H3/b29-20-. The molecule has 0 spiro atoms. The van der Waals surface area contributed by atoms with E-state index in [1.807, 2.05) is 38.1 Å². The Morgan fingerprint density at radius 1 is 1.03 bits per heavy atom. The lowest BCUT2D eigenvalue weighted by Crippen LogP contribution is -2.38. The van der Waals surface area contributed by atoms with Crippen molar-refractivity contribution in [3.05, 3.63) is 94.8 Å². The van der Waals surface area contributed by atoms with Crippen LogP contribution in [-0.2, 0) is 15.4 Å². The minimum absolute atomic E-state index is 0.301. The molecule has 8 heteroatoms. The van der Waals surface area contributed by atoms with E-state index in [2.05, 4.69) is 45.7 Å². The van der Waals surface area contributed by atoms with Crippen LogP contribution in [0.4, 0.5) is 0 Å². The summed E-state index contributed by atoms with van der Waals surface area (Å²) in [4.78, 5) is 0. The number of aromatic nitrogens is 2. The minimum atomic E-state index is -3.15. The molecule has 3 aromatic rings. The number of rotatable bonds is 6. The highest BCUT2D eigenvalue weighted by Crippen LogP contribution is 2.42. The molecule has 0 bridgehead atoms. The molecule has 4 rings (SSSR count). The van der Waals surface area contributed by atoms with Crippen LogP contribution in [-0.4, -0.2) is 53.2 Å². The van der Waals surface area contributed by atoms with Gasteiger partial charge in [-0.25, -0.2) is 12.7 Å². The second-order valence-electron chi connectivity index (χ2n) is 8.94. The van der Waals surface area contributed by atoms with Crippen molar-refractivity contribution in [2.24, 2.45) is 5.16 Å². The molecule has 178 valence electrons. The van der Waals surface area contributed by atoms with Crippen LogP contribution in [0.5, 0.6) is 0 Å². The van der Waals surface area contributed by atoms with Crippen LogP contribution < -0.4 is 0 Å². The average molecular weight is 479 g/mol. The summed E-state index contributed by atoms with van der Waals surface area (Å²) < 4.78 is 25.3. The second kappa shape index (κ2) is 9.64. The van der Waals surface area contributed by atoms with Gasteiger partial charge in [0.25, 0.3) is 0 Å². The quantitative estimate of drug-likeness (QED) is 0.327. The first-order chi connectivity index (χ1) is 16.3. The molecule has 1 aliphatic heterocycles. The first-order valence-electron chi connectivity index (χ1n) is 11.4. The molecule has 1 fully saturated rings. The first kappa shape index (κ1) is 24.0. The van der Waals surface area contributed by atoms with Crippen molar-refractivity contribution in [3.63, 3.8) is 0 Å². The fourth-order valence-electron chi connectivity index (χ4n) is 5.20. The SMILES string of the molecule is C/C(=N/O)C(c1ccc(C2CCN(S(C)(=O)=O)CC2)cc1)(c1ccnnc1)c1ccccc1C. The molecule has 0 saturated carbocycles. The van der Waals surface area contributed by atoms with Gasteiger partial charge in [-0.1, -0.05) is 53.7 Å². The Balaban J connectivity index is 1.79. The van der Waals surface area contributed by atoms with Gasteiger partial charge in [0, 0.05) is 19.3 Å². The maximum absolute atomic E-state index is 11.9. The number of oxime groups is 1. The van der Waals surface area contributed by atoms with E-state index in [1.165, 1.54) is 11.8 Å². The zero-order valence-corrected chi connectivity index (χ0v) is 20.5. The van der Waals surface area contributed by atoms with Gasteiger partial charge >= 0.3 is 0 Å². The summed E-state index contributed by atoms with van der Waals surface area (Å²) in [6.45, 7) is 4.95. The molecule has 2 heterocycles. The van der Waals surface area contributed by atoms with Gasteiger partial charge in [-0.05, 0) is 66.5 Å². The van der Waals surface area contributed by atoms with Crippen LogP contribution in [0, 0.1) is 6.92 Å². The van der Waals surface area contributed by atoms with Crippen molar-refractivity contribution < 1.29 is 13.6 Å². The Hall–Kier alpha value is -3.10. The topological polar surface area (TPSA) is 95.8 Å². The lowest BCUT2D eigenvalue weighted by molar-refractivity contribution is 0.315. The van der Waals surface area contributed by atoms with Crippen molar-refractivity contribution in [3.8, 4) is 0 Å². The first-order valence-corrected chi connectivity index (χ1v) is 13.2. The van der Waals surface area contributed by atoms with Crippen molar-refractivity contribution in [1.82, 2.24) is 14.5 Å². The zero-order chi connectivity index (χ0) is 24.3. The molecule has 1 saturated heterocycles. The number of nitrogens with zero attached hydrogens (tertiary/aromatic N) is 4. The molecule has 1 atom stereocenters. The predicted molar refractivity (Wildman–Crippen MR) is 133 cm³/mol. The van der Waals surface area contributed by atoms with E-state index in [4.69, 9.17) is 0 Å². The van der Waals surface area contributed by atoms with E-state index in [-0.39, 0.29) is 0 Å². The van der Waals surface area contributed by atoms with Crippen LogP contribution in [0.2, 0.25) is 0 Å². The van der Waals surface area contributed by atoms with Crippen molar-refractivity contribution >= 4 is 15.7 Å². The molecule has 34 heavy (non-hydrogen) atoms. The Morgan fingerprint density at radius 3 is 2.26 bits per heavy atom. The van der Waals surface area contributed by atoms with Crippen LogP contribution in [0.25, 0.3) is 0 Å². The fourth-order valence-corrected chi connectivity index (χ4v) is 6.07. The second-order valence-corrected chi connectivity index (χ2v) is 10.9. The number of benzene rings is 2. The smallest absolute Gasteiger partial charge is 0.211 e. The zero-order valence-electron chi connectivity index (χ0n) is 19.7. The van der Waals surface area contributed by atoms with Gasteiger partial charge in [-0.3, -0.25) is 0 Å². The van der Waals surface area contributed by atoms with Gasteiger partial charge in [0.05, 0.1) is 23.6 Å². The Labute approximate surface area is 201 Å². The molecule has 1 N–H and O–H groups in total.